The number of likely N-dealkylation sites (N-methyl/N-ethyl adjacent to an activating group) is 1. The van der Waals surface area contributed by atoms with Gasteiger partial charge in [0, 0.05) is 18.6 Å². The molecule has 3 nitrogen and oxygen atoms in total. The summed E-state index contributed by atoms with van der Waals surface area (Å²) < 4.78 is 12.7. The molecule has 1 heterocycles. The van der Waals surface area contributed by atoms with Crippen LogP contribution in [0.3, 0.4) is 0 Å². The van der Waals surface area contributed by atoms with Crippen LogP contribution in [0, 0.1) is 5.82 Å². The molecule has 0 spiro atoms. The van der Waals surface area contributed by atoms with Crippen molar-refractivity contribution in [1.29, 1.82) is 0 Å². The highest BCUT2D eigenvalue weighted by Gasteiger charge is 2.13. The second-order valence-electron chi connectivity index (χ2n) is 3.57. The number of amides is 1. The summed E-state index contributed by atoms with van der Waals surface area (Å²) >= 11 is 1.41. The minimum atomic E-state index is -0.297. The number of aromatic nitrogens is 1. The molecule has 0 unspecified atom stereocenters. The smallest absolute Gasteiger partial charge is 0.232 e. The minimum absolute atomic E-state index is 0.0634. The van der Waals surface area contributed by atoms with Gasteiger partial charge in [-0.3, -0.25) is 9.69 Å². The first-order valence-electron chi connectivity index (χ1n) is 5.07. The topological polar surface area (TPSA) is 33.2 Å². The molecular formula is C12H11FN2OS. The molecule has 0 radical (unpaired) electrons. The zero-order chi connectivity index (χ0) is 12.3. The summed E-state index contributed by atoms with van der Waals surface area (Å²) in [5, 5.41) is 2.48. The van der Waals surface area contributed by atoms with Gasteiger partial charge in [-0.25, -0.2) is 9.37 Å². The maximum Gasteiger partial charge on any atom is 0.232 e. The van der Waals surface area contributed by atoms with Crippen molar-refractivity contribution in [3.8, 4) is 0 Å². The fourth-order valence-electron chi connectivity index (χ4n) is 1.38. The average Bonchev–Trinajstić information content (AvgIpc) is 2.84. The Labute approximate surface area is 103 Å². The van der Waals surface area contributed by atoms with E-state index in [2.05, 4.69) is 4.98 Å². The lowest BCUT2D eigenvalue weighted by atomic mass is 10.1. The molecule has 0 aliphatic rings. The molecule has 0 saturated heterocycles. The normalized spacial score (nSPS) is 10.2. The molecule has 0 fully saturated rings. The largest absolute Gasteiger partial charge is 0.291 e. The van der Waals surface area contributed by atoms with Crippen LogP contribution in [0.15, 0.2) is 35.8 Å². The van der Waals surface area contributed by atoms with Crippen LogP contribution in [0.25, 0.3) is 0 Å². The van der Waals surface area contributed by atoms with Crippen LogP contribution in [0.4, 0.5) is 9.52 Å². The molecule has 1 amide bonds. The van der Waals surface area contributed by atoms with E-state index in [0.717, 1.165) is 5.56 Å². The van der Waals surface area contributed by atoms with Crippen molar-refractivity contribution < 1.29 is 9.18 Å². The van der Waals surface area contributed by atoms with E-state index in [-0.39, 0.29) is 18.1 Å². The quantitative estimate of drug-likeness (QED) is 0.838. The van der Waals surface area contributed by atoms with E-state index in [1.165, 1.54) is 28.4 Å². The molecule has 1 aromatic heterocycles. The van der Waals surface area contributed by atoms with Crippen molar-refractivity contribution in [2.75, 3.05) is 11.9 Å². The minimum Gasteiger partial charge on any atom is -0.291 e. The lowest BCUT2D eigenvalue weighted by molar-refractivity contribution is -0.117. The second kappa shape index (κ2) is 5.05. The van der Waals surface area contributed by atoms with Crippen molar-refractivity contribution in [3.63, 3.8) is 0 Å². The number of anilines is 1. The number of hydrogen-bond donors (Lipinski definition) is 0. The Morgan fingerprint density at radius 2 is 2.12 bits per heavy atom. The van der Waals surface area contributed by atoms with E-state index >= 15 is 0 Å². The van der Waals surface area contributed by atoms with Gasteiger partial charge in [0.25, 0.3) is 0 Å². The van der Waals surface area contributed by atoms with Crippen molar-refractivity contribution in [2.24, 2.45) is 0 Å². The van der Waals surface area contributed by atoms with Gasteiger partial charge in [0.05, 0.1) is 6.42 Å². The Bertz CT molecular complexity index is 496. The number of hydrogen-bond acceptors (Lipinski definition) is 3. The van der Waals surface area contributed by atoms with E-state index < -0.39 is 0 Å². The van der Waals surface area contributed by atoms with Gasteiger partial charge >= 0.3 is 0 Å². The van der Waals surface area contributed by atoms with Crippen LogP contribution in [0.5, 0.6) is 0 Å². The van der Waals surface area contributed by atoms with Gasteiger partial charge in [-0.1, -0.05) is 12.1 Å². The van der Waals surface area contributed by atoms with Gasteiger partial charge < -0.3 is 0 Å². The Kier molecular flexibility index (Phi) is 3.49. The van der Waals surface area contributed by atoms with Crippen molar-refractivity contribution in [2.45, 2.75) is 6.42 Å². The highest BCUT2D eigenvalue weighted by Crippen LogP contribution is 2.16. The summed E-state index contributed by atoms with van der Waals surface area (Å²) in [7, 11) is 1.69. The van der Waals surface area contributed by atoms with Gasteiger partial charge in [-0.15, -0.1) is 11.3 Å². The van der Waals surface area contributed by atoms with E-state index in [1.807, 2.05) is 5.38 Å². The van der Waals surface area contributed by atoms with Gasteiger partial charge in [0.15, 0.2) is 5.13 Å². The second-order valence-corrected chi connectivity index (χ2v) is 4.44. The summed E-state index contributed by atoms with van der Waals surface area (Å²) in [4.78, 5) is 17.5. The van der Waals surface area contributed by atoms with Crippen molar-refractivity contribution in [1.82, 2.24) is 4.98 Å². The first-order chi connectivity index (χ1) is 8.16. The van der Waals surface area contributed by atoms with Crippen LogP contribution in [-0.2, 0) is 11.2 Å². The van der Waals surface area contributed by atoms with E-state index in [9.17, 15) is 9.18 Å². The van der Waals surface area contributed by atoms with Gasteiger partial charge in [-0.2, -0.15) is 0 Å². The summed E-state index contributed by atoms with van der Waals surface area (Å²) in [5.41, 5.74) is 0.791. The Hall–Kier alpha value is -1.75. The highest BCUT2D eigenvalue weighted by molar-refractivity contribution is 7.13. The van der Waals surface area contributed by atoms with Crippen LogP contribution in [0.1, 0.15) is 5.56 Å². The first-order valence-corrected chi connectivity index (χ1v) is 5.95. The molecule has 17 heavy (non-hydrogen) atoms. The standard InChI is InChI=1S/C12H11FN2OS/c1-15(12-14-6-7-17-12)11(16)8-9-2-4-10(13)5-3-9/h2-7H,8H2,1H3. The lowest BCUT2D eigenvalue weighted by Crippen LogP contribution is -2.27. The molecule has 0 N–H and O–H groups in total. The molecule has 2 aromatic rings. The zero-order valence-corrected chi connectivity index (χ0v) is 10.1. The number of carbonyl (C=O) groups is 1. The molecule has 0 bridgehead atoms. The van der Waals surface area contributed by atoms with Crippen LogP contribution >= 0.6 is 11.3 Å². The Balaban J connectivity index is 2.04. The van der Waals surface area contributed by atoms with Gasteiger partial charge in [-0.05, 0) is 17.7 Å². The highest BCUT2D eigenvalue weighted by atomic mass is 32.1. The lowest BCUT2D eigenvalue weighted by Gasteiger charge is -2.13. The Morgan fingerprint density at radius 1 is 1.41 bits per heavy atom. The third-order valence-electron chi connectivity index (χ3n) is 2.35. The third kappa shape index (κ3) is 2.88. The van der Waals surface area contributed by atoms with Crippen LogP contribution in [-0.4, -0.2) is 17.9 Å². The fraction of sp³-hybridized carbons (Fsp3) is 0.167. The molecule has 88 valence electrons. The number of rotatable bonds is 3. The fourth-order valence-corrected chi connectivity index (χ4v) is 2.01. The number of carbonyl (C=O) groups excluding carboxylic acids is 1. The Morgan fingerprint density at radius 3 is 2.71 bits per heavy atom. The molecule has 1 aromatic carbocycles. The van der Waals surface area contributed by atoms with E-state index in [1.54, 1.807) is 25.4 Å². The van der Waals surface area contributed by atoms with Crippen molar-refractivity contribution in [3.05, 3.63) is 47.2 Å². The summed E-state index contributed by atoms with van der Waals surface area (Å²) in [6, 6.07) is 5.93. The zero-order valence-electron chi connectivity index (χ0n) is 9.26. The molecule has 0 aliphatic carbocycles. The number of benzene rings is 1. The summed E-state index contributed by atoms with van der Waals surface area (Å²) in [5.74, 6) is -0.360. The predicted octanol–water partition coefficient (Wildman–Crippen LogP) is 2.49. The van der Waals surface area contributed by atoms with Gasteiger partial charge in [0.2, 0.25) is 5.91 Å². The number of halogens is 1. The van der Waals surface area contributed by atoms with E-state index in [0.29, 0.717) is 5.13 Å². The van der Waals surface area contributed by atoms with Gasteiger partial charge in [0.1, 0.15) is 5.82 Å². The van der Waals surface area contributed by atoms with Crippen LogP contribution < -0.4 is 4.90 Å². The van der Waals surface area contributed by atoms with E-state index in [4.69, 9.17) is 0 Å². The first kappa shape index (κ1) is 11.7. The SMILES string of the molecule is CN(C(=O)Cc1ccc(F)cc1)c1nccs1. The molecule has 0 atom stereocenters. The molecule has 2 rings (SSSR count). The molecular weight excluding hydrogens is 239 g/mol. The predicted molar refractivity (Wildman–Crippen MR) is 65.6 cm³/mol. The molecule has 5 heteroatoms. The monoisotopic (exact) mass is 250 g/mol. The number of nitrogens with zero attached hydrogens (tertiary/aromatic N) is 2. The molecule has 0 aliphatic heterocycles. The maximum atomic E-state index is 12.7. The summed E-state index contributed by atoms with van der Waals surface area (Å²) in [6.07, 6.45) is 1.90. The third-order valence-corrected chi connectivity index (χ3v) is 3.20. The molecule has 0 saturated carbocycles. The van der Waals surface area contributed by atoms with Crippen LogP contribution in [0.2, 0.25) is 0 Å². The maximum absolute atomic E-state index is 12.7. The summed E-state index contributed by atoms with van der Waals surface area (Å²) in [6.45, 7) is 0. The number of thiazole rings is 1. The average molecular weight is 250 g/mol. The van der Waals surface area contributed by atoms with Crippen molar-refractivity contribution >= 4 is 22.4 Å².